The van der Waals surface area contributed by atoms with E-state index in [1.54, 1.807) is 22.9 Å². The molecule has 0 aliphatic heterocycles. The summed E-state index contributed by atoms with van der Waals surface area (Å²) in [6.07, 6.45) is 6.45. The van der Waals surface area contributed by atoms with Crippen LogP contribution in [0.5, 0.6) is 0 Å². The minimum atomic E-state index is -3.66. The van der Waals surface area contributed by atoms with Crippen molar-refractivity contribution in [3.8, 4) is 16.9 Å². The molecule has 0 radical (unpaired) electrons. The minimum Gasteiger partial charge on any atom is -0.295 e. The highest BCUT2D eigenvalue weighted by Gasteiger charge is 2.48. The van der Waals surface area contributed by atoms with Crippen molar-refractivity contribution in [2.45, 2.75) is 48.5 Å². The van der Waals surface area contributed by atoms with Gasteiger partial charge in [-0.1, -0.05) is 11.3 Å². The SMILES string of the molecule is CC1(NS(=O)(=O)c2cc(Br)c3cnc(-c4nnc(C5(C#N)CC5)s4)n3c2)CC1. The number of hydrogen-bond acceptors (Lipinski definition) is 7. The summed E-state index contributed by atoms with van der Waals surface area (Å²) in [6.45, 7) is 1.90. The number of imidazole rings is 1. The molecule has 0 aromatic carbocycles. The van der Waals surface area contributed by atoms with Crippen LogP contribution >= 0.6 is 27.3 Å². The molecule has 0 unspecified atom stereocenters. The Morgan fingerprint density at radius 2 is 2.07 bits per heavy atom. The summed E-state index contributed by atoms with van der Waals surface area (Å²) < 4.78 is 30.7. The van der Waals surface area contributed by atoms with Crippen LogP contribution < -0.4 is 4.72 Å². The quantitative estimate of drug-likeness (QED) is 0.602. The highest BCUT2D eigenvalue weighted by molar-refractivity contribution is 9.10. The van der Waals surface area contributed by atoms with Crippen LogP contribution in [0.4, 0.5) is 0 Å². The molecule has 2 aliphatic carbocycles. The average molecular weight is 479 g/mol. The lowest BCUT2D eigenvalue weighted by atomic mass is 10.1. The Kier molecular flexibility index (Phi) is 3.78. The molecular weight excluding hydrogens is 464 g/mol. The lowest BCUT2D eigenvalue weighted by molar-refractivity contribution is 0.557. The van der Waals surface area contributed by atoms with E-state index in [4.69, 9.17) is 0 Å². The van der Waals surface area contributed by atoms with Crippen molar-refractivity contribution in [3.63, 3.8) is 0 Å². The van der Waals surface area contributed by atoms with Gasteiger partial charge in [0.2, 0.25) is 10.0 Å². The van der Waals surface area contributed by atoms with Gasteiger partial charge in [-0.05, 0) is 54.6 Å². The molecule has 1 N–H and O–H groups in total. The van der Waals surface area contributed by atoms with Crippen molar-refractivity contribution >= 4 is 42.8 Å². The lowest BCUT2D eigenvalue weighted by Gasteiger charge is -2.13. The first-order valence-electron chi connectivity index (χ1n) is 8.72. The normalized spacial score (nSPS) is 19.5. The van der Waals surface area contributed by atoms with Gasteiger partial charge in [0.25, 0.3) is 0 Å². The van der Waals surface area contributed by atoms with Crippen LogP contribution in [0.2, 0.25) is 0 Å². The summed E-state index contributed by atoms with van der Waals surface area (Å²) in [5, 5.41) is 19.0. The van der Waals surface area contributed by atoms with Crippen LogP contribution in [-0.2, 0) is 15.4 Å². The van der Waals surface area contributed by atoms with Crippen molar-refractivity contribution in [1.29, 1.82) is 5.26 Å². The van der Waals surface area contributed by atoms with E-state index in [-0.39, 0.29) is 10.4 Å². The molecule has 5 rings (SSSR count). The van der Waals surface area contributed by atoms with Crippen LogP contribution in [0.3, 0.4) is 0 Å². The second-order valence-electron chi connectivity index (χ2n) is 7.63. The zero-order chi connectivity index (χ0) is 19.7. The number of nitrogens with zero attached hydrogens (tertiary/aromatic N) is 5. The predicted molar refractivity (Wildman–Crippen MR) is 106 cm³/mol. The zero-order valence-electron chi connectivity index (χ0n) is 14.8. The third-order valence-corrected chi connectivity index (χ3v) is 8.61. The molecule has 8 nitrogen and oxygen atoms in total. The number of nitriles is 1. The second kappa shape index (κ2) is 5.82. The summed E-state index contributed by atoms with van der Waals surface area (Å²) in [5.41, 5.74) is -0.145. The molecule has 2 aliphatic rings. The predicted octanol–water partition coefficient (Wildman–Crippen LogP) is 3.00. The van der Waals surface area contributed by atoms with Gasteiger partial charge in [-0.15, -0.1) is 10.2 Å². The average Bonchev–Trinajstić information content (AvgIpc) is 3.46. The molecule has 11 heteroatoms. The maximum atomic E-state index is 12.8. The Morgan fingerprint density at radius 1 is 1.32 bits per heavy atom. The molecule has 3 aromatic heterocycles. The molecule has 3 aromatic rings. The molecule has 0 amide bonds. The molecule has 144 valence electrons. The molecule has 0 atom stereocenters. The number of nitrogens with one attached hydrogen (secondary N) is 1. The molecule has 2 fully saturated rings. The van der Waals surface area contributed by atoms with Gasteiger partial charge in [0.15, 0.2) is 10.8 Å². The topological polar surface area (TPSA) is 113 Å². The van der Waals surface area contributed by atoms with Gasteiger partial charge in [-0.2, -0.15) is 5.26 Å². The molecule has 0 saturated heterocycles. The van der Waals surface area contributed by atoms with E-state index in [1.807, 2.05) is 6.92 Å². The lowest BCUT2D eigenvalue weighted by Crippen LogP contribution is -2.34. The minimum absolute atomic E-state index is 0.152. The maximum absolute atomic E-state index is 12.8. The van der Waals surface area contributed by atoms with Gasteiger partial charge >= 0.3 is 0 Å². The Hall–Kier alpha value is -1.87. The number of fused-ring (bicyclic) bond motifs is 1. The number of halogens is 1. The first-order chi connectivity index (χ1) is 13.3. The van der Waals surface area contributed by atoms with Gasteiger partial charge in [-0.25, -0.2) is 18.1 Å². The molecular formula is C17H15BrN6O2S2. The van der Waals surface area contributed by atoms with Crippen molar-refractivity contribution in [2.24, 2.45) is 0 Å². The number of sulfonamides is 1. The van der Waals surface area contributed by atoms with E-state index in [2.05, 4.69) is 41.9 Å². The first-order valence-corrected chi connectivity index (χ1v) is 11.8. The molecule has 0 bridgehead atoms. The van der Waals surface area contributed by atoms with E-state index < -0.39 is 15.4 Å². The summed E-state index contributed by atoms with van der Waals surface area (Å²) in [7, 11) is -3.66. The highest BCUT2D eigenvalue weighted by atomic mass is 79.9. The van der Waals surface area contributed by atoms with E-state index in [1.165, 1.54) is 11.3 Å². The fraction of sp³-hybridized carbons (Fsp3) is 0.412. The first kappa shape index (κ1) is 18.2. The molecule has 0 spiro atoms. The Balaban J connectivity index is 1.60. The largest absolute Gasteiger partial charge is 0.295 e. The standard InChI is InChI=1S/C17H15BrN6O2S2/c1-16(2-3-16)23-28(25,26)10-6-11(18)12-7-20-13(24(12)8-10)14-21-22-15(27-14)17(9-19)4-5-17/h6-8,23H,2-5H2,1H3. The molecule has 2 saturated carbocycles. The van der Waals surface area contributed by atoms with Gasteiger partial charge in [-0.3, -0.25) is 4.40 Å². The third-order valence-electron chi connectivity index (χ3n) is 5.25. The summed E-state index contributed by atoms with van der Waals surface area (Å²) >= 11 is 4.78. The monoisotopic (exact) mass is 478 g/mol. The second-order valence-corrected chi connectivity index (χ2v) is 11.1. The van der Waals surface area contributed by atoms with Gasteiger partial charge in [0, 0.05) is 16.2 Å². The molecule has 28 heavy (non-hydrogen) atoms. The summed E-state index contributed by atoms with van der Waals surface area (Å²) in [5.74, 6) is 0.503. The van der Waals surface area contributed by atoms with Crippen molar-refractivity contribution in [2.75, 3.05) is 0 Å². The number of pyridine rings is 1. The Morgan fingerprint density at radius 3 is 2.71 bits per heavy atom. The van der Waals surface area contributed by atoms with Crippen LogP contribution in [0.1, 0.15) is 37.6 Å². The van der Waals surface area contributed by atoms with E-state index in [0.717, 1.165) is 31.2 Å². The number of hydrogen-bond donors (Lipinski definition) is 1. The van der Waals surface area contributed by atoms with Crippen molar-refractivity contribution < 1.29 is 8.42 Å². The van der Waals surface area contributed by atoms with Gasteiger partial charge in [0.1, 0.15) is 10.4 Å². The van der Waals surface area contributed by atoms with Gasteiger partial charge < -0.3 is 0 Å². The van der Waals surface area contributed by atoms with Crippen molar-refractivity contribution in [3.05, 3.63) is 27.9 Å². The van der Waals surface area contributed by atoms with E-state index >= 15 is 0 Å². The van der Waals surface area contributed by atoms with Crippen LogP contribution in [0.15, 0.2) is 27.8 Å². The van der Waals surface area contributed by atoms with Gasteiger partial charge in [0.05, 0.1) is 22.7 Å². The summed E-state index contributed by atoms with van der Waals surface area (Å²) in [6, 6.07) is 3.89. The fourth-order valence-corrected chi connectivity index (χ4v) is 6.23. The van der Waals surface area contributed by atoms with Crippen LogP contribution in [0.25, 0.3) is 16.3 Å². The number of aromatic nitrogens is 4. The fourth-order valence-electron chi connectivity index (χ4n) is 3.02. The van der Waals surface area contributed by atoms with Crippen molar-refractivity contribution in [1.82, 2.24) is 24.3 Å². The molecule has 3 heterocycles. The van der Waals surface area contributed by atoms with Crippen LogP contribution in [-0.4, -0.2) is 33.5 Å². The van der Waals surface area contributed by atoms with E-state index in [9.17, 15) is 13.7 Å². The van der Waals surface area contributed by atoms with Crippen LogP contribution in [0, 0.1) is 11.3 Å². The Bertz CT molecular complexity index is 1260. The maximum Gasteiger partial charge on any atom is 0.242 e. The highest BCUT2D eigenvalue weighted by Crippen LogP contribution is 2.49. The number of rotatable bonds is 5. The zero-order valence-corrected chi connectivity index (χ0v) is 18.0. The Labute approximate surface area is 173 Å². The smallest absolute Gasteiger partial charge is 0.242 e. The summed E-state index contributed by atoms with van der Waals surface area (Å²) in [4.78, 5) is 4.57. The third kappa shape index (κ3) is 2.86. The van der Waals surface area contributed by atoms with E-state index in [0.29, 0.717) is 20.3 Å².